The molecule has 0 amide bonds. The molecule has 29 heavy (non-hydrogen) atoms. The lowest BCUT2D eigenvalue weighted by molar-refractivity contribution is -0.0712. The first-order valence-electron chi connectivity index (χ1n) is 10.8. The molecule has 0 radical (unpaired) electrons. The minimum absolute atomic E-state index is 0.208. The number of fused-ring (bicyclic) bond motifs is 1. The molecule has 160 valence electrons. The van der Waals surface area contributed by atoms with Gasteiger partial charge in [0.1, 0.15) is 5.82 Å². The molecule has 0 spiro atoms. The largest absolute Gasteiger partial charge is 0.373 e. The second-order valence-corrected chi connectivity index (χ2v) is 10.3. The molecule has 8 heteroatoms. The van der Waals surface area contributed by atoms with Crippen LogP contribution in [0, 0.1) is 0 Å². The number of imidazole rings is 1. The molecule has 4 rings (SSSR count). The van der Waals surface area contributed by atoms with Crippen LogP contribution in [0.4, 0.5) is 0 Å². The van der Waals surface area contributed by atoms with Gasteiger partial charge in [-0.2, -0.15) is 4.31 Å². The first-order chi connectivity index (χ1) is 13.9. The van der Waals surface area contributed by atoms with Gasteiger partial charge in [0.05, 0.1) is 34.7 Å². The van der Waals surface area contributed by atoms with Crippen LogP contribution < -0.4 is 0 Å². The van der Waals surface area contributed by atoms with E-state index in [9.17, 15) is 8.42 Å². The molecule has 0 bridgehead atoms. The molecule has 1 aromatic heterocycles. The minimum Gasteiger partial charge on any atom is -0.373 e. The van der Waals surface area contributed by atoms with E-state index < -0.39 is 10.0 Å². The molecular weight excluding hydrogens is 388 g/mol. The van der Waals surface area contributed by atoms with Crippen molar-refractivity contribution in [1.82, 2.24) is 18.8 Å². The normalized spacial score (nSPS) is 24.9. The Balaban J connectivity index is 1.64. The maximum Gasteiger partial charge on any atom is 0.243 e. The minimum atomic E-state index is -3.45. The lowest BCUT2D eigenvalue weighted by Gasteiger charge is -2.35. The Kier molecular flexibility index (Phi) is 5.97. The van der Waals surface area contributed by atoms with Gasteiger partial charge in [0, 0.05) is 32.7 Å². The SMILES string of the molecule is CCn1c(CN2CC(C)OC(C)C2)nc2cc(S(=O)(=O)N3CCCCC3)ccc21. The summed E-state index contributed by atoms with van der Waals surface area (Å²) in [6.07, 6.45) is 3.39. The summed E-state index contributed by atoms with van der Waals surface area (Å²) in [7, 11) is -3.45. The van der Waals surface area contributed by atoms with Crippen LogP contribution in [0.1, 0.15) is 45.9 Å². The van der Waals surface area contributed by atoms with E-state index in [0.717, 1.165) is 62.3 Å². The zero-order chi connectivity index (χ0) is 20.6. The predicted molar refractivity (Wildman–Crippen MR) is 113 cm³/mol. The summed E-state index contributed by atoms with van der Waals surface area (Å²) in [5.74, 6) is 0.983. The third kappa shape index (κ3) is 4.21. The highest BCUT2D eigenvalue weighted by atomic mass is 32.2. The van der Waals surface area contributed by atoms with Crippen molar-refractivity contribution in [3.05, 3.63) is 24.0 Å². The molecule has 1 aromatic carbocycles. The van der Waals surface area contributed by atoms with Crippen molar-refractivity contribution >= 4 is 21.1 Å². The zero-order valence-corrected chi connectivity index (χ0v) is 18.5. The maximum atomic E-state index is 13.1. The van der Waals surface area contributed by atoms with E-state index in [-0.39, 0.29) is 12.2 Å². The molecule has 2 aliphatic rings. The van der Waals surface area contributed by atoms with E-state index in [1.807, 2.05) is 6.07 Å². The molecular formula is C21H32N4O3S. The van der Waals surface area contributed by atoms with Crippen molar-refractivity contribution in [3.63, 3.8) is 0 Å². The summed E-state index contributed by atoms with van der Waals surface area (Å²) >= 11 is 0. The fourth-order valence-corrected chi connectivity index (χ4v) is 6.20. The van der Waals surface area contributed by atoms with Crippen molar-refractivity contribution in [3.8, 4) is 0 Å². The Morgan fingerprint density at radius 3 is 2.45 bits per heavy atom. The number of benzene rings is 1. The highest BCUT2D eigenvalue weighted by Crippen LogP contribution is 2.26. The monoisotopic (exact) mass is 420 g/mol. The number of hydrogen-bond acceptors (Lipinski definition) is 5. The molecule has 2 aromatic rings. The fraction of sp³-hybridized carbons (Fsp3) is 0.667. The first kappa shape index (κ1) is 20.8. The Morgan fingerprint density at radius 2 is 1.79 bits per heavy atom. The van der Waals surface area contributed by atoms with Crippen molar-refractivity contribution < 1.29 is 13.2 Å². The van der Waals surface area contributed by atoms with Crippen molar-refractivity contribution in [2.24, 2.45) is 0 Å². The molecule has 2 unspecified atom stereocenters. The van der Waals surface area contributed by atoms with Gasteiger partial charge < -0.3 is 9.30 Å². The number of morpholine rings is 1. The predicted octanol–water partition coefficient (Wildman–Crippen LogP) is 2.84. The van der Waals surface area contributed by atoms with Crippen LogP contribution in [0.25, 0.3) is 11.0 Å². The second-order valence-electron chi connectivity index (χ2n) is 8.34. The summed E-state index contributed by atoms with van der Waals surface area (Å²) in [6.45, 7) is 10.8. The van der Waals surface area contributed by atoms with Gasteiger partial charge in [-0.15, -0.1) is 0 Å². The third-order valence-electron chi connectivity index (χ3n) is 5.93. The second kappa shape index (κ2) is 8.34. The average molecular weight is 421 g/mol. The smallest absolute Gasteiger partial charge is 0.243 e. The number of nitrogens with zero attached hydrogens (tertiary/aromatic N) is 4. The van der Waals surface area contributed by atoms with Gasteiger partial charge in [-0.25, -0.2) is 13.4 Å². The Bertz CT molecular complexity index is 956. The lowest BCUT2D eigenvalue weighted by Crippen LogP contribution is -2.45. The molecule has 0 aliphatic carbocycles. The molecule has 3 heterocycles. The highest BCUT2D eigenvalue weighted by Gasteiger charge is 2.27. The van der Waals surface area contributed by atoms with Gasteiger partial charge in [-0.1, -0.05) is 6.42 Å². The topological polar surface area (TPSA) is 67.7 Å². The van der Waals surface area contributed by atoms with Gasteiger partial charge in [-0.05, 0) is 51.8 Å². The maximum absolute atomic E-state index is 13.1. The van der Waals surface area contributed by atoms with Crippen LogP contribution in [-0.2, 0) is 27.8 Å². The van der Waals surface area contributed by atoms with E-state index in [1.165, 1.54) is 0 Å². The van der Waals surface area contributed by atoms with Crippen molar-refractivity contribution in [2.75, 3.05) is 26.2 Å². The van der Waals surface area contributed by atoms with Crippen LogP contribution in [0.5, 0.6) is 0 Å². The lowest BCUT2D eigenvalue weighted by atomic mass is 10.2. The van der Waals surface area contributed by atoms with Gasteiger partial charge in [0.25, 0.3) is 0 Å². The standard InChI is InChI=1S/C21H32N4O3S/c1-4-25-20-9-8-18(29(26,27)24-10-6-5-7-11-24)12-19(20)22-21(25)15-23-13-16(2)28-17(3)14-23/h8-9,12,16-17H,4-7,10-11,13-15H2,1-3H3. The van der Waals surface area contributed by atoms with Gasteiger partial charge in [-0.3, -0.25) is 4.90 Å². The third-order valence-corrected chi connectivity index (χ3v) is 7.82. The van der Waals surface area contributed by atoms with Crippen LogP contribution in [0.3, 0.4) is 0 Å². The van der Waals surface area contributed by atoms with E-state index in [2.05, 4.69) is 30.2 Å². The fourth-order valence-electron chi connectivity index (χ4n) is 4.66. The molecule has 2 fully saturated rings. The van der Waals surface area contributed by atoms with E-state index in [4.69, 9.17) is 9.72 Å². The number of hydrogen-bond donors (Lipinski definition) is 0. The van der Waals surface area contributed by atoms with E-state index in [1.54, 1.807) is 16.4 Å². The van der Waals surface area contributed by atoms with Crippen molar-refractivity contribution in [1.29, 1.82) is 0 Å². The summed E-state index contributed by atoms with van der Waals surface area (Å²) in [6, 6.07) is 5.40. The van der Waals surface area contributed by atoms with Crippen LogP contribution >= 0.6 is 0 Å². The highest BCUT2D eigenvalue weighted by molar-refractivity contribution is 7.89. The average Bonchev–Trinajstić information content (AvgIpc) is 3.03. The number of sulfonamides is 1. The molecule has 7 nitrogen and oxygen atoms in total. The quantitative estimate of drug-likeness (QED) is 0.744. The van der Waals surface area contributed by atoms with Gasteiger partial charge in [0.15, 0.2) is 0 Å². The molecule has 0 N–H and O–H groups in total. The first-order valence-corrected chi connectivity index (χ1v) is 12.2. The molecule has 2 atom stereocenters. The summed E-state index contributed by atoms with van der Waals surface area (Å²) in [5.41, 5.74) is 1.75. The van der Waals surface area contributed by atoms with Crippen molar-refractivity contribution in [2.45, 2.75) is 70.2 Å². The number of aromatic nitrogens is 2. The number of aryl methyl sites for hydroxylation is 1. The zero-order valence-electron chi connectivity index (χ0n) is 17.7. The van der Waals surface area contributed by atoms with E-state index in [0.29, 0.717) is 18.0 Å². The Morgan fingerprint density at radius 1 is 1.10 bits per heavy atom. The molecule has 2 aliphatic heterocycles. The molecule has 2 saturated heterocycles. The molecule has 0 saturated carbocycles. The Hall–Kier alpha value is -1.48. The number of rotatable bonds is 5. The van der Waals surface area contributed by atoms with Crippen LogP contribution in [-0.4, -0.2) is 65.6 Å². The van der Waals surface area contributed by atoms with Gasteiger partial charge >= 0.3 is 0 Å². The summed E-state index contributed by atoms with van der Waals surface area (Å²) < 4.78 is 35.7. The van der Waals surface area contributed by atoms with Crippen LogP contribution in [0.15, 0.2) is 23.1 Å². The summed E-state index contributed by atoms with van der Waals surface area (Å²) in [5, 5.41) is 0. The van der Waals surface area contributed by atoms with Crippen LogP contribution in [0.2, 0.25) is 0 Å². The number of ether oxygens (including phenoxy) is 1. The van der Waals surface area contributed by atoms with Gasteiger partial charge in [0.2, 0.25) is 10.0 Å². The Labute approximate surface area is 173 Å². The number of piperidine rings is 1. The summed E-state index contributed by atoms with van der Waals surface area (Å²) in [4.78, 5) is 7.57. The van der Waals surface area contributed by atoms with E-state index >= 15 is 0 Å².